The summed E-state index contributed by atoms with van der Waals surface area (Å²) in [6, 6.07) is 16.1. The van der Waals surface area contributed by atoms with E-state index in [-0.39, 0.29) is 11.2 Å². The van der Waals surface area contributed by atoms with Gasteiger partial charge in [-0.1, -0.05) is 52.0 Å². The van der Waals surface area contributed by atoms with Crippen LogP contribution in [0.1, 0.15) is 55.6 Å². The molecule has 2 heteroatoms. The molecule has 2 rings (SSSR count). The fourth-order valence-electron chi connectivity index (χ4n) is 2.83. The van der Waals surface area contributed by atoms with Crippen LogP contribution < -0.4 is 4.74 Å². The van der Waals surface area contributed by atoms with Crippen molar-refractivity contribution in [3.05, 3.63) is 65.2 Å². The van der Waals surface area contributed by atoms with E-state index in [0.29, 0.717) is 12.3 Å². The highest BCUT2D eigenvalue weighted by molar-refractivity contribution is 5.96. The molecule has 2 aromatic rings. The minimum Gasteiger partial charge on any atom is -0.497 e. The van der Waals surface area contributed by atoms with Gasteiger partial charge in [0.05, 0.1) is 7.11 Å². The summed E-state index contributed by atoms with van der Waals surface area (Å²) in [5.74, 6) is 1.29. The number of carbonyl (C=O) groups is 1. The maximum atomic E-state index is 12.4. The van der Waals surface area contributed by atoms with Crippen molar-refractivity contribution in [2.75, 3.05) is 7.11 Å². The summed E-state index contributed by atoms with van der Waals surface area (Å²) in [5.41, 5.74) is 3.56. The molecule has 0 heterocycles. The Bertz CT molecular complexity index is 661. The lowest BCUT2D eigenvalue weighted by Crippen LogP contribution is -2.11. The van der Waals surface area contributed by atoms with Crippen LogP contribution in [0.4, 0.5) is 0 Å². The molecule has 2 aromatic carbocycles. The second-order valence-corrected chi connectivity index (χ2v) is 7.61. The van der Waals surface area contributed by atoms with Crippen LogP contribution in [-0.2, 0) is 11.8 Å². The molecule has 0 fully saturated rings. The predicted molar refractivity (Wildman–Crippen MR) is 100.0 cm³/mol. The van der Waals surface area contributed by atoms with Gasteiger partial charge in [-0.05, 0) is 53.1 Å². The second-order valence-electron chi connectivity index (χ2n) is 7.61. The summed E-state index contributed by atoms with van der Waals surface area (Å²) in [7, 11) is 1.63. The van der Waals surface area contributed by atoms with Gasteiger partial charge in [0.1, 0.15) is 5.75 Å². The number of ketones is 1. The van der Waals surface area contributed by atoms with Crippen molar-refractivity contribution >= 4 is 5.78 Å². The topological polar surface area (TPSA) is 26.3 Å². The van der Waals surface area contributed by atoms with Gasteiger partial charge in [-0.2, -0.15) is 0 Å². The first-order chi connectivity index (χ1) is 11.3. The van der Waals surface area contributed by atoms with Gasteiger partial charge in [0.2, 0.25) is 0 Å². The third-order valence-corrected chi connectivity index (χ3v) is 4.35. The lowest BCUT2D eigenvalue weighted by Gasteiger charge is -2.19. The van der Waals surface area contributed by atoms with Crippen molar-refractivity contribution in [3.8, 4) is 5.75 Å². The number of hydrogen-bond donors (Lipinski definition) is 0. The number of benzene rings is 2. The minimum atomic E-state index is 0.175. The molecule has 0 amide bonds. The van der Waals surface area contributed by atoms with Crippen molar-refractivity contribution in [1.29, 1.82) is 0 Å². The van der Waals surface area contributed by atoms with E-state index in [2.05, 4.69) is 52.0 Å². The number of ether oxygens (including phenoxy) is 1. The van der Waals surface area contributed by atoms with Gasteiger partial charge in [0.25, 0.3) is 0 Å². The maximum absolute atomic E-state index is 12.4. The molecule has 0 N–H and O–H groups in total. The molecule has 0 aliphatic rings. The highest BCUT2D eigenvalue weighted by atomic mass is 16.5. The van der Waals surface area contributed by atoms with Crippen molar-refractivity contribution in [1.82, 2.24) is 0 Å². The van der Waals surface area contributed by atoms with E-state index in [1.165, 1.54) is 11.1 Å². The minimum absolute atomic E-state index is 0.175. The van der Waals surface area contributed by atoms with E-state index in [0.717, 1.165) is 17.7 Å². The Hall–Kier alpha value is -2.09. The Balaban J connectivity index is 1.94. The summed E-state index contributed by atoms with van der Waals surface area (Å²) in [4.78, 5) is 12.4. The third-order valence-electron chi connectivity index (χ3n) is 4.35. The number of rotatable bonds is 6. The van der Waals surface area contributed by atoms with E-state index >= 15 is 0 Å². The number of methoxy groups -OCH3 is 1. The van der Waals surface area contributed by atoms with Gasteiger partial charge in [0, 0.05) is 12.0 Å². The predicted octanol–water partition coefficient (Wildman–Crippen LogP) is 5.44. The normalized spacial score (nSPS) is 12.7. The molecule has 0 radical (unpaired) electrons. The lowest BCUT2D eigenvalue weighted by molar-refractivity contribution is 0.0964. The van der Waals surface area contributed by atoms with E-state index in [1.807, 2.05) is 24.3 Å². The van der Waals surface area contributed by atoms with Gasteiger partial charge in [0.15, 0.2) is 5.78 Å². The maximum Gasteiger partial charge on any atom is 0.163 e. The van der Waals surface area contributed by atoms with Crippen LogP contribution in [0.25, 0.3) is 0 Å². The molecule has 1 unspecified atom stereocenters. The molecule has 0 saturated carbocycles. The summed E-state index contributed by atoms with van der Waals surface area (Å²) < 4.78 is 5.13. The first-order valence-corrected chi connectivity index (χ1v) is 8.56. The summed E-state index contributed by atoms with van der Waals surface area (Å²) >= 11 is 0. The summed E-state index contributed by atoms with van der Waals surface area (Å²) in [5, 5.41) is 0. The Morgan fingerprint density at radius 1 is 1.00 bits per heavy atom. The second kappa shape index (κ2) is 7.65. The van der Waals surface area contributed by atoms with Crippen molar-refractivity contribution in [2.24, 2.45) is 5.92 Å². The van der Waals surface area contributed by atoms with Gasteiger partial charge < -0.3 is 4.74 Å². The van der Waals surface area contributed by atoms with E-state index < -0.39 is 0 Å². The Kier molecular flexibility index (Phi) is 5.82. The Morgan fingerprint density at radius 2 is 1.58 bits per heavy atom. The number of hydrogen-bond acceptors (Lipinski definition) is 2. The van der Waals surface area contributed by atoms with Crippen LogP contribution in [0.15, 0.2) is 48.5 Å². The molecular formula is C22H28O2. The summed E-state index contributed by atoms with van der Waals surface area (Å²) in [6.07, 6.45) is 1.49. The summed E-state index contributed by atoms with van der Waals surface area (Å²) in [6.45, 7) is 8.80. The van der Waals surface area contributed by atoms with Crippen LogP contribution in [0.3, 0.4) is 0 Å². The van der Waals surface area contributed by atoms with Crippen molar-refractivity contribution < 1.29 is 9.53 Å². The van der Waals surface area contributed by atoms with E-state index in [1.54, 1.807) is 7.11 Å². The lowest BCUT2D eigenvalue weighted by atomic mass is 9.86. The van der Waals surface area contributed by atoms with Crippen LogP contribution >= 0.6 is 0 Å². The van der Waals surface area contributed by atoms with E-state index in [9.17, 15) is 4.79 Å². The molecular weight excluding hydrogens is 296 g/mol. The largest absolute Gasteiger partial charge is 0.497 e. The van der Waals surface area contributed by atoms with Crippen molar-refractivity contribution in [3.63, 3.8) is 0 Å². The van der Waals surface area contributed by atoms with Crippen LogP contribution in [0, 0.1) is 5.92 Å². The van der Waals surface area contributed by atoms with Crippen LogP contribution in [0.2, 0.25) is 0 Å². The van der Waals surface area contributed by atoms with Crippen molar-refractivity contribution in [2.45, 2.75) is 46.0 Å². The monoisotopic (exact) mass is 324 g/mol. The molecule has 1 atom stereocenters. The van der Waals surface area contributed by atoms with Gasteiger partial charge in [-0.3, -0.25) is 4.79 Å². The number of Topliss-reactive ketones (excluding diaryl/α,β-unsaturated/α-hetero) is 1. The van der Waals surface area contributed by atoms with Crippen LogP contribution in [0.5, 0.6) is 5.75 Å². The SMILES string of the molecule is COc1ccc(C(=O)CC(C)Cc2ccc(C(C)(C)C)cc2)cc1. The molecule has 0 aliphatic carbocycles. The molecule has 24 heavy (non-hydrogen) atoms. The first kappa shape index (κ1) is 18.3. The third kappa shape index (κ3) is 4.95. The molecule has 0 aromatic heterocycles. The quantitative estimate of drug-likeness (QED) is 0.661. The first-order valence-electron chi connectivity index (χ1n) is 8.56. The van der Waals surface area contributed by atoms with Gasteiger partial charge in [-0.15, -0.1) is 0 Å². The average molecular weight is 324 g/mol. The number of carbonyl (C=O) groups excluding carboxylic acids is 1. The molecule has 0 saturated heterocycles. The molecule has 0 spiro atoms. The van der Waals surface area contributed by atoms with E-state index in [4.69, 9.17) is 4.74 Å². The van der Waals surface area contributed by atoms with Gasteiger partial charge >= 0.3 is 0 Å². The molecule has 0 bridgehead atoms. The zero-order chi connectivity index (χ0) is 17.7. The molecule has 128 valence electrons. The zero-order valence-corrected chi connectivity index (χ0v) is 15.4. The highest BCUT2D eigenvalue weighted by Gasteiger charge is 2.15. The molecule has 0 aliphatic heterocycles. The zero-order valence-electron chi connectivity index (χ0n) is 15.4. The highest BCUT2D eigenvalue weighted by Crippen LogP contribution is 2.23. The average Bonchev–Trinajstić information content (AvgIpc) is 2.54. The fraction of sp³-hybridized carbons (Fsp3) is 0.409. The Morgan fingerprint density at radius 3 is 2.08 bits per heavy atom. The standard InChI is InChI=1S/C22H28O2/c1-16(14-17-6-10-19(11-7-17)22(2,3)4)15-21(23)18-8-12-20(24-5)13-9-18/h6-13,16H,14-15H2,1-5H3. The molecule has 2 nitrogen and oxygen atoms in total. The van der Waals surface area contributed by atoms with Crippen LogP contribution in [-0.4, -0.2) is 12.9 Å². The fourth-order valence-corrected chi connectivity index (χ4v) is 2.83. The Labute approximate surface area is 145 Å². The smallest absolute Gasteiger partial charge is 0.163 e. The van der Waals surface area contributed by atoms with Gasteiger partial charge in [-0.25, -0.2) is 0 Å².